The maximum Gasteiger partial charge on any atom is 0.264 e. The molecule has 100 valence electrons. The van der Waals surface area contributed by atoms with Crippen LogP contribution in [0.3, 0.4) is 0 Å². The third kappa shape index (κ3) is 1.69. The molecule has 2 aromatic rings. The molecule has 4 nitrogen and oxygen atoms in total. The lowest BCUT2D eigenvalue weighted by molar-refractivity contribution is 0.0595. The van der Waals surface area contributed by atoms with Crippen molar-refractivity contribution < 1.29 is 9.59 Å². The number of carbonyl (C=O) groups is 2. The first kappa shape index (κ1) is 12.4. The van der Waals surface area contributed by atoms with E-state index in [-0.39, 0.29) is 17.9 Å². The minimum absolute atomic E-state index is 0.284. The number of nitrogens with zero attached hydrogens (tertiary/aromatic N) is 1. The molecular weight excluding hydrogens is 252 g/mol. The summed E-state index contributed by atoms with van der Waals surface area (Å²) in [4.78, 5) is 26.2. The van der Waals surface area contributed by atoms with Crippen LogP contribution in [0.5, 0.6) is 0 Å². The number of nitrogen functional groups attached to an aromatic ring is 1. The smallest absolute Gasteiger partial charge is 0.264 e. The summed E-state index contributed by atoms with van der Waals surface area (Å²) in [6.07, 6.45) is 0. The first-order valence-corrected chi connectivity index (χ1v) is 6.42. The van der Waals surface area contributed by atoms with Crippen molar-refractivity contribution in [3.63, 3.8) is 0 Å². The van der Waals surface area contributed by atoms with Crippen LogP contribution >= 0.6 is 0 Å². The first-order chi connectivity index (χ1) is 9.61. The van der Waals surface area contributed by atoms with Gasteiger partial charge in [-0.25, -0.2) is 0 Å². The van der Waals surface area contributed by atoms with Crippen LogP contribution in [0.15, 0.2) is 48.5 Å². The summed E-state index contributed by atoms with van der Waals surface area (Å²) in [7, 11) is 0. The fourth-order valence-electron chi connectivity index (χ4n) is 2.56. The van der Waals surface area contributed by atoms with Gasteiger partial charge >= 0.3 is 0 Å². The minimum Gasteiger partial charge on any atom is -0.398 e. The number of benzene rings is 2. The van der Waals surface area contributed by atoms with Crippen molar-refractivity contribution in [1.82, 2.24) is 4.90 Å². The van der Waals surface area contributed by atoms with E-state index >= 15 is 0 Å². The van der Waals surface area contributed by atoms with Crippen molar-refractivity contribution in [2.45, 2.75) is 13.0 Å². The molecule has 0 spiro atoms. The summed E-state index contributed by atoms with van der Waals surface area (Å²) < 4.78 is 0. The highest BCUT2D eigenvalue weighted by molar-refractivity contribution is 6.23. The van der Waals surface area contributed by atoms with Gasteiger partial charge in [-0.2, -0.15) is 0 Å². The van der Waals surface area contributed by atoms with Gasteiger partial charge in [0.15, 0.2) is 0 Å². The third-order valence-electron chi connectivity index (χ3n) is 3.65. The third-order valence-corrected chi connectivity index (χ3v) is 3.65. The van der Waals surface area contributed by atoms with E-state index in [1.807, 2.05) is 37.3 Å². The molecule has 2 amide bonds. The Morgan fingerprint density at radius 2 is 1.65 bits per heavy atom. The fourth-order valence-corrected chi connectivity index (χ4v) is 2.56. The molecule has 1 unspecified atom stereocenters. The van der Waals surface area contributed by atoms with Gasteiger partial charge in [-0.15, -0.1) is 0 Å². The Kier molecular flexibility index (Phi) is 2.79. The molecule has 1 heterocycles. The number of carbonyl (C=O) groups excluding carboxylic acids is 2. The van der Waals surface area contributed by atoms with Crippen molar-refractivity contribution in [2.75, 3.05) is 5.73 Å². The standard InChI is InChI=1S/C16H14N2O2/c1-10(11-6-3-2-4-7-11)18-15(19)12-8-5-9-13(17)14(12)16(18)20/h2-10H,17H2,1H3. The number of nitrogens with two attached hydrogens (primary N) is 1. The lowest BCUT2D eigenvalue weighted by Gasteiger charge is -2.22. The number of hydrogen-bond acceptors (Lipinski definition) is 3. The SMILES string of the molecule is CC(c1ccccc1)N1C(=O)c2cccc(N)c2C1=O. The minimum atomic E-state index is -0.320. The van der Waals surface area contributed by atoms with Gasteiger partial charge in [0.1, 0.15) is 0 Å². The first-order valence-electron chi connectivity index (χ1n) is 6.42. The van der Waals surface area contributed by atoms with Gasteiger partial charge in [0, 0.05) is 5.69 Å². The van der Waals surface area contributed by atoms with E-state index in [9.17, 15) is 9.59 Å². The zero-order valence-corrected chi connectivity index (χ0v) is 11.0. The largest absolute Gasteiger partial charge is 0.398 e. The lowest BCUT2D eigenvalue weighted by Crippen LogP contribution is -2.32. The Morgan fingerprint density at radius 3 is 2.30 bits per heavy atom. The van der Waals surface area contributed by atoms with Gasteiger partial charge in [0.2, 0.25) is 0 Å². The summed E-state index contributed by atoms with van der Waals surface area (Å²) in [6, 6.07) is 14.1. The molecule has 1 aliphatic heterocycles. The van der Waals surface area contributed by atoms with Gasteiger partial charge in [-0.1, -0.05) is 36.4 Å². The highest BCUT2D eigenvalue weighted by Gasteiger charge is 2.39. The van der Waals surface area contributed by atoms with E-state index in [0.717, 1.165) is 5.56 Å². The maximum absolute atomic E-state index is 12.5. The monoisotopic (exact) mass is 266 g/mol. The number of imide groups is 1. The van der Waals surface area contributed by atoms with E-state index in [4.69, 9.17) is 5.73 Å². The highest BCUT2D eigenvalue weighted by Crippen LogP contribution is 2.33. The second-order valence-electron chi connectivity index (χ2n) is 4.84. The summed E-state index contributed by atoms with van der Waals surface area (Å²) in [5.74, 6) is -0.604. The molecule has 3 rings (SSSR count). The van der Waals surface area contributed by atoms with E-state index in [2.05, 4.69) is 0 Å². The van der Waals surface area contributed by atoms with Crippen molar-refractivity contribution in [1.29, 1.82) is 0 Å². The Labute approximate surface area is 116 Å². The summed E-state index contributed by atoms with van der Waals surface area (Å²) in [5.41, 5.74) is 7.80. The number of fused-ring (bicyclic) bond motifs is 1. The maximum atomic E-state index is 12.5. The van der Waals surface area contributed by atoms with Crippen LogP contribution in [-0.4, -0.2) is 16.7 Å². The topological polar surface area (TPSA) is 63.4 Å². The predicted molar refractivity (Wildman–Crippen MR) is 76.2 cm³/mol. The van der Waals surface area contributed by atoms with Crippen LogP contribution < -0.4 is 5.73 Å². The molecule has 4 heteroatoms. The zero-order chi connectivity index (χ0) is 14.3. The predicted octanol–water partition coefficient (Wildman–Crippen LogP) is 2.63. The molecule has 0 bridgehead atoms. The van der Waals surface area contributed by atoms with E-state index in [0.29, 0.717) is 16.8 Å². The molecule has 1 aliphatic rings. The zero-order valence-electron chi connectivity index (χ0n) is 11.0. The summed E-state index contributed by atoms with van der Waals surface area (Å²) in [5, 5.41) is 0. The molecule has 0 radical (unpaired) electrons. The average Bonchev–Trinajstić information content (AvgIpc) is 2.72. The summed E-state index contributed by atoms with van der Waals surface area (Å²) >= 11 is 0. The number of hydrogen-bond donors (Lipinski definition) is 1. The Bertz CT molecular complexity index is 695. The normalized spacial score (nSPS) is 15.3. The van der Waals surface area contributed by atoms with Crippen molar-refractivity contribution in [3.8, 4) is 0 Å². The molecule has 2 N–H and O–H groups in total. The molecule has 0 saturated carbocycles. The van der Waals surface area contributed by atoms with Crippen molar-refractivity contribution in [3.05, 3.63) is 65.2 Å². The van der Waals surface area contributed by atoms with E-state index in [1.165, 1.54) is 4.90 Å². The Hall–Kier alpha value is -2.62. The fraction of sp³-hybridized carbons (Fsp3) is 0.125. The summed E-state index contributed by atoms with van der Waals surface area (Å²) in [6.45, 7) is 1.84. The molecule has 1 atom stereocenters. The number of amides is 2. The second-order valence-corrected chi connectivity index (χ2v) is 4.84. The van der Waals surface area contributed by atoms with Gasteiger partial charge in [0.25, 0.3) is 11.8 Å². The molecule has 2 aromatic carbocycles. The van der Waals surface area contributed by atoms with Crippen LogP contribution in [0.2, 0.25) is 0 Å². The average molecular weight is 266 g/mol. The van der Waals surface area contributed by atoms with Crippen LogP contribution in [0.4, 0.5) is 5.69 Å². The number of rotatable bonds is 2. The van der Waals surface area contributed by atoms with Crippen molar-refractivity contribution in [2.24, 2.45) is 0 Å². The van der Waals surface area contributed by atoms with Gasteiger partial charge in [-0.05, 0) is 24.6 Å². The van der Waals surface area contributed by atoms with Crippen molar-refractivity contribution >= 4 is 17.5 Å². The van der Waals surface area contributed by atoms with Crippen LogP contribution in [0.1, 0.15) is 39.2 Å². The van der Waals surface area contributed by atoms with Crippen LogP contribution in [0, 0.1) is 0 Å². The van der Waals surface area contributed by atoms with E-state index in [1.54, 1.807) is 18.2 Å². The molecule has 0 aromatic heterocycles. The Balaban J connectivity index is 2.04. The van der Waals surface area contributed by atoms with Gasteiger partial charge in [0.05, 0.1) is 17.2 Å². The Morgan fingerprint density at radius 1 is 0.950 bits per heavy atom. The molecular formula is C16H14N2O2. The molecule has 0 aliphatic carbocycles. The molecule has 0 fully saturated rings. The van der Waals surface area contributed by atoms with E-state index < -0.39 is 0 Å². The molecule has 20 heavy (non-hydrogen) atoms. The van der Waals surface area contributed by atoms with Crippen LogP contribution in [0.25, 0.3) is 0 Å². The van der Waals surface area contributed by atoms with Gasteiger partial charge < -0.3 is 5.73 Å². The number of anilines is 1. The van der Waals surface area contributed by atoms with Crippen LogP contribution in [-0.2, 0) is 0 Å². The quantitative estimate of drug-likeness (QED) is 0.671. The second kappa shape index (κ2) is 4.49. The highest BCUT2D eigenvalue weighted by atomic mass is 16.2. The molecule has 0 saturated heterocycles. The lowest BCUT2D eigenvalue weighted by atomic mass is 10.1. The van der Waals surface area contributed by atoms with Gasteiger partial charge in [-0.3, -0.25) is 14.5 Å².